The lowest BCUT2D eigenvalue weighted by Gasteiger charge is -2.10. The molecule has 0 atom stereocenters. The second kappa shape index (κ2) is 8.69. The van der Waals surface area contributed by atoms with E-state index in [1.54, 1.807) is 0 Å². The van der Waals surface area contributed by atoms with Crippen molar-refractivity contribution in [3.05, 3.63) is 58.7 Å². The maximum Gasteiger partial charge on any atom is 0.263 e. The normalized spacial score (nSPS) is 10.7. The molecule has 0 fully saturated rings. The third kappa shape index (κ3) is 4.57. The first-order valence-electron chi connectivity index (χ1n) is 9.45. The largest absolute Gasteiger partial charge is 0.484 e. The molecule has 28 heavy (non-hydrogen) atoms. The molecule has 0 aliphatic heterocycles. The highest BCUT2D eigenvalue weighted by Gasteiger charge is 2.18. The Bertz CT molecular complexity index is 959. The van der Waals surface area contributed by atoms with Gasteiger partial charge in [0.05, 0.1) is 0 Å². The Labute approximate surface area is 164 Å². The summed E-state index contributed by atoms with van der Waals surface area (Å²) < 4.78 is 10.5. The Morgan fingerprint density at radius 2 is 1.79 bits per heavy atom. The smallest absolute Gasteiger partial charge is 0.263 e. The topological polar surface area (TPSA) is 77.3 Å². The molecule has 1 N–H and O–H groups in total. The van der Waals surface area contributed by atoms with Gasteiger partial charge in [-0.15, -0.1) is 0 Å². The molecule has 1 heterocycles. The van der Waals surface area contributed by atoms with Gasteiger partial charge in [0.1, 0.15) is 5.75 Å². The monoisotopic (exact) mass is 379 g/mol. The van der Waals surface area contributed by atoms with Gasteiger partial charge in [-0.1, -0.05) is 32.0 Å². The fraction of sp³-hybridized carbons (Fsp3) is 0.318. The molecule has 3 aromatic rings. The number of benzene rings is 2. The van der Waals surface area contributed by atoms with E-state index in [9.17, 15) is 4.79 Å². The van der Waals surface area contributed by atoms with Crippen LogP contribution in [0, 0.1) is 13.8 Å². The van der Waals surface area contributed by atoms with E-state index in [-0.39, 0.29) is 12.5 Å². The van der Waals surface area contributed by atoms with Crippen molar-refractivity contribution in [1.82, 2.24) is 10.3 Å². The van der Waals surface area contributed by atoms with Crippen molar-refractivity contribution in [2.75, 3.05) is 11.9 Å². The summed E-state index contributed by atoms with van der Waals surface area (Å²) in [5.74, 6) is 0.646. The summed E-state index contributed by atoms with van der Waals surface area (Å²) in [5.41, 5.74) is 5.93. The molecule has 6 nitrogen and oxygen atoms in total. The second-order valence-electron chi connectivity index (χ2n) is 6.82. The Morgan fingerprint density at radius 3 is 2.46 bits per heavy atom. The van der Waals surface area contributed by atoms with Crippen LogP contribution in [0.4, 0.5) is 5.82 Å². The fourth-order valence-electron chi connectivity index (χ4n) is 3.15. The molecule has 0 saturated heterocycles. The number of amides is 1. The highest BCUT2D eigenvalue weighted by atomic mass is 16.6. The summed E-state index contributed by atoms with van der Waals surface area (Å²) >= 11 is 0. The third-order valence-corrected chi connectivity index (χ3v) is 4.53. The highest BCUT2D eigenvalue weighted by Crippen LogP contribution is 2.29. The van der Waals surface area contributed by atoms with E-state index < -0.39 is 0 Å². The number of ether oxygens (including phenoxy) is 1. The first kappa shape index (κ1) is 19.6. The molecule has 3 rings (SSSR count). The summed E-state index contributed by atoms with van der Waals surface area (Å²) in [6.45, 7) is 8.03. The molecular formula is C22H25N3O3. The fourth-order valence-corrected chi connectivity index (χ4v) is 3.15. The SMILES string of the molecule is CCc1ccc(CC)c(-c2nonc2NC(=O)COc2cc(C)cc(C)c2)c1. The molecule has 0 unspecified atom stereocenters. The summed E-state index contributed by atoms with van der Waals surface area (Å²) in [5, 5.41) is 10.6. The van der Waals surface area contributed by atoms with Crippen molar-refractivity contribution in [2.24, 2.45) is 0 Å². The van der Waals surface area contributed by atoms with Gasteiger partial charge >= 0.3 is 0 Å². The van der Waals surface area contributed by atoms with Gasteiger partial charge in [0.15, 0.2) is 12.3 Å². The van der Waals surface area contributed by atoms with Gasteiger partial charge in [0.2, 0.25) is 5.82 Å². The molecule has 0 aliphatic carbocycles. The number of anilines is 1. The van der Waals surface area contributed by atoms with Gasteiger partial charge in [-0.2, -0.15) is 0 Å². The first-order valence-corrected chi connectivity index (χ1v) is 9.45. The Morgan fingerprint density at radius 1 is 1.04 bits per heavy atom. The van der Waals surface area contributed by atoms with Crippen molar-refractivity contribution < 1.29 is 14.2 Å². The molecule has 0 bridgehead atoms. The van der Waals surface area contributed by atoms with E-state index in [1.807, 2.05) is 26.0 Å². The number of carbonyl (C=O) groups excluding carboxylic acids is 1. The standard InChI is InChI=1S/C22H25N3O3/c1-5-16-7-8-17(6-2)19(12-16)21-22(25-28-24-21)23-20(26)13-27-18-10-14(3)9-15(4)11-18/h7-12H,5-6,13H2,1-4H3,(H,23,25,26). The van der Waals surface area contributed by atoms with Crippen LogP contribution in [0.5, 0.6) is 5.75 Å². The van der Waals surface area contributed by atoms with E-state index in [4.69, 9.17) is 9.37 Å². The van der Waals surface area contributed by atoms with Crippen LogP contribution < -0.4 is 10.1 Å². The van der Waals surface area contributed by atoms with E-state index in [1.165, 1.54) is 5.56 Å². The second-order valence-corrected chi connectivity index (χ2v) is 6.82. The zero-order valence-corrected chi connectivity index (χ0v) is 16.7. The summed E-state index contributed by atoms with van der Waals surface area (Å²) in [7, 11) is 0. The lowest BCUT2D eigenvalue weighted by molar-refractivity contribution is -0.118. The maximum atomic E-state index is 12.4. The van der Waals surface area contributed by atoms with Crippen LogP contribution in [0.25, 0.3) is 11.3 Å². The van der Waals surface area contributed by atoms with Crippen molar-refractivity contribution in [3.63, 3.8) is 0 Å². The molecule has 0 aliphatic rings. The summed E-state index contributed by atoms with van der Waals surface area (Å²) in [6.07, 6.45) is 1.75. The van der Waals surface area contributed by atoms with Crippen LogP contribution in [0.1, 0.15) is 36.1 Å². The zero-order valence-electron chi connectivity index (χ0n) is 16.7. The molecule has 2 aromatic carbocycles. The summed E-state index contributed by atoms with van der Waals surface area (Å²) in [4.78, 5) is 12.4. The molecule has 1 aromatic heterocycles. The van der Waals surface area contributed by atoms with Gasteiger partial charge in [0, 0.05) is 5.56 Å². The van der Waals surface area contributed by atoms with Crippen LogP contribution in [-0.2, 0) is 17.6 Å². The van der Waals surface area contributed by atoms with Gasteiger partial charge in [-0.25, -0.2) is 4.63 Å². The van der Waals surface area contributed by atoms with E-state index in [0.717, 1.165) is 35.1 Å². The van der Waals surface area contributed by atoms with E-state index >= 15 is 0 Å². The van der Waals surface area contributed by atoms with Crippen LogP contribution in [0.2, 0.25) is 0 Å². The number of aryl methyl sites for hydroxylation is 4. The number of carbonyl (C=O) groups is 1. The molecule has 1 amide bonds. The number of nitrogens with zero attached hydrogens (tertiary/aromatic N) is 2. The quantitative estimate of drug-likeness (QED) is 0.654. The van der Waals surface area contributed by atoms with Crippen LogP contribution in [0.3, 0.4) is 0 Å². The average molecular weight is 379 g/mol. The molecule has 0 radical (unpaired) electrons. The number of nitrogens with one attached hydrogen (secondary N) is 1. The summed E-state index contributed by atoms with van der Waals surface area (Å²) in [6, 6.07) is 12.1. The zero-order chi connectivity index (χ0) is 20.1. The lowest BCUT2D eigenvalue weighted by Crippen LogP contribution is -2.20. The molecule has 146 valence electrons. The molecular weight excluding hydrogens is 354 g/mol. The van der Waals surface area contributed by atoms with Crippen molar-refractivity contribution in [2.45, 2.75) is 40.5 Å². The third-order valence-electron chi connectivity index (χ3n) is 4.53. The molecule has 0 spiro atoms. The number of aromatic nitrogens is 2. The number of hydrogen-bond acceptors (Lipinski definition) is 5. The minimum Gasteiger partial charge on any atom is -0.484 e. The lowest BCUT2D eigenvalue weighted by atomic mass is 9.98. The first-order chi connectivity index (χ1) is 13.5. The van der Waals surface area contributed by atoms with Gasteiger partial charge in [-0.3, -0.25) is 4.79 Å². The van der Waals surface area contributed by atoms with Crippen molar-refractivity contribution >= 4 is 11.7 Å². The minimum atomic E-state index is -0.319. The number of rotatable bonds is 7. The Balaban J connectivity index is 1.74. The Kier molecular flexibility index (Phi) is 6.09. The average Bonchev–Trinajstić information content (AvgIpc) is 3.13. The van der Waals surface area contributed by atoms with Gasteiger partial charge < -0.3 is 10.1 Å². The molecule has 6 heteroatoms. The minimum absolute atomic E-state index is 0.120. The predicted molar refractivity (Wildman–Crippen MR) is 109 cm³/mol. The van der Waals surface area contributed by atoms with Gasteiger partial charge in [0.25, 0.3) is 5.91 Å². The van der Waals surface area contributed by atoms with Gasteiger partial charge in [-0.05, 0) is 77.5 Å². The van der Waals surface area contributed by atoms with Crippen LogP contribution in [-0.4, -0.2) is 22.8 Å². The van der Waals surface area contributed by atoms with E-state index in [2.05, 4.69) is 53.7 Å². The predicted octanol–water partition coefficient (Wildman–Crippen LogP) is 4.50. The Hall–Kier alpha value is -3.15. The molecule has 0 saturated carbocycles. The van der Waals surface area contributed by atoms with Crippen molar-refractivity contribution in [3.8, 4) is 17.0 Å². The van der Waals surface area contributed by atoms with Crippen LogP contribution >= 0.6 is 0 Å². The van der Waals surface area contributed by atoms with Crippen LogP contribution in [0.15, 0.2) is 41.0 Å². The van der Waals surface area contributed by atoms with Crippen molar-refractivity contribution in [1.29, 1.82) is 0 Å². The van der Waals surface area contributed by atoms with E-state index in [0.29, 0.717) is 17.3 Å². The highest BCUT2D eigenvalue weighted by molar-refractivity contribution is 5.94. The number of hydrogen-bond donors (Lipinski definition) is 1. The maximum absolute atomic E-state index is 12.4.